The fourth-order valence-electron chi connectivity index (χ4n) is 5.32. The van der Waals surface area contributed by atoms with E-state index in [1.54, 1.807) is 0 Å². The quantitative estimate of drug-likeness (QED) is 0.442. The molecule has 2 aliphatic rings. The fourth-order valence-corrected chi connectivity index (χ4v) is 5.32. The normalized spacial score (nSPS) is 23.3. The van der Waals surface area contributed by atoms with Crippen molar-refractivity contribution >= 4 is 5.97 Å². The first kappa shape index (κ1) is 22.0. The van der Waals surface area contributed by atoms with E-state index in [0.29, 0.717) is 30.2 Å². The molecule has 0 radical (unpaired) electrons. The minimum atomic E-state index is -0.505. The zero-order valence-corrected chi connectivity index (χ0v) is 19.0. The van der Waals surface area contributed by atoms with Crippen molar-refractivity contribution in [3.05, 3.63) is 70.0 Å². The first-order chi connectivity index (χ1) is 15.0. The van der Waals surface area contributed by atoms with Crippen LogP contribution in [0.25, 0.3) is 0 Å². The summed E-state index contributed by atoms with van der Waals surface area (Å²) in [6.45, 7) is 4.09. The number of hydrogen-bond acceptors (Lipinski definition) is 2. The molecule has 1 saturated carbocycles. The van der Waals surface area contributed by atoms with E-state index in [1.807, 2.05) is 19.1 Å². The summed E-state index contributed by atoms with van der Waals surface area (Å²) in [5.74, 6) is 0.441. The van der Waals surface area contributed by atoms with Crippen molar-refractivity contribution in [1.82, 2.24) is 0 Å². The topological polar surface area (TPSA) is 26.3 Å². The van der Waals surface area contributed by atoms with Crippen molar-refractivity contribution in [3.63, 3.8) is 0 Å². The van der Waals surface area contributed by atoms with Gasteiger partial charge in [0.2, 0.25) is 0 Å². The van der Waals surface area contributed by atoms with E-state index in [4.69, 9.17) is 4.74 Å². The Morgan fingerprint density at radius 3 is 2.45 bits per heavy atom. The Labute approximate surface area is 186 Å². The molecule has 2 aromatic carbocycles. The Morgan fingerprint density at radius 1 is 1.00 bits per heavy atom. The summed E-state index contributed by atoms with van der Waals surface area (Å²) in [5, 5.41) is 0. The van der Waals surface area contributed by atoms with E-state index in [9.17, 15) is 9.18 Å². The second-order valence-electron chi connectivity index (χ2n) is 9.59. The van der Waals surface area contributed by atoms with Crippen LogP contribution in [0.1, 0.15) is 97.3 Å². The van der Waals surface area contributed by atoms with Crippen molar-refractivity contribution in [2.45, 2.75) is 90.1 Å². The summed E-state index contributed by atoms with van der Waals surface area (Å²) in [5.41, 5.74) is 4.54. The minimum Gasteiger partial charge on any atom is -0.459 e. The van der Waals surface area contributed by atoms with Crippen LogP contribution in [0.15, 0.2) is 36.4 Å². The molecule has 1 heterocycles. The number of fused-ring (bicyclic) bond motifs is 1. The molecule has 1 unspecified atom stereocenters. The summed E-state index contributed by atoms with van der Waals surface area (Å²) in [6, 6.07) is 13.1. The Morgan fingerprint density at radius 2 is 1.74 bits per heavy atom. The fraction of sp³-hybridized carbons (Fsp3) is 0.536. The van der Waals surface area contributed by atoms with Gasteiger partial charge in [0.15, 0.2) is 0 Å². The van der Waals surface area contributed by atoms with Gasteiger partial charge in [-0.1, -0.05) is 49.7 Å². The van der Waals surface area contributed by atoms with Crippen LogP contribution < -0.4 is 0 Å². The van der Waals surface area contributed by atoms with Gasteiger partial charge in [0, 0.05) is 6.42 Å². The minimum absolute atomic E-state index is 0.168. The van der Waals surface area contributed by atoms with Gasteiger partial charge in [-0.05, 0) is 92.4 Å². The van der Waals surface area contributed by atoms with Crippen molar-refractivity contribution in [2.75, 3.05) is 0 Å². The van der Waals surface area contributed by atoms with Crippen LogP contribution in [0.4, 0.5) is 4.39 Å². The second kappa shape index (κ2) is 9.97. The van der Waals surface area contributed by atoms with Crippen LogP contribution in [0.5, 0.6) is 0 Å². The molecule has 1 aliphatic heterocycles. The molecule has 0 bridgehead atoms. The molecule has 2 nitrogen and oxygen atoms in total. The Bertz CT molecular complexity index is 894. The predicted octanol–water partition coefficient (Wildman–Crippen LogP) is 7.18. The number of esters is 1. The van der Waals surface area contributed by atoms with E-state index in [2.05, 4.69) is 31.2 Å². The van der Waals surface area contributed by atoms with Gasteiger partial charge in [0.25, 0.3) is 0 Å². The average molecular weight is 423 g/mol. The SMILES string of the molecule is CCCCc1ccc(C2CCC(CCc3ccc4c(c3F)C(=O)OC(C)C4)CC2)cc1. The molecule has 166 valence electrons. The summed E-state index contributed by atoms with van der Waals surface area (Å²) < 4.78 is 20.2. The smallest absolute Gasteiger partial charge is 0.341 e. The lowest BCUT2D eigenvalue weighted by Crippen LogP contribution is -2.26. The maximum Gasteiger partial charge on any atom is 0.341 e. The van der Waals surface area contributed by atoms with Gasteiger partial charge in [-0.3, -0.25) is 0 Å². The maximum absolute atomic E-state index is 15.0. The third-order valence-corrected chi connectivity index (χ3v) is 7.27. The van der Waals surface area contributed by atoms with Crippen LogP contribution in [0, 0.1) is 11.7 Å². The lowest BCUT2D eigenvalue weighted by atomic mass is 9.76. The molecule has 1 aliphatic carbocycles. The molecule has 4 rings (SSSR count). The van der Waals surface area contributed by atoms with Crippen LogP contribution in [0.2, 0.25) is 0 Å². The monoisotopic (exact) mass is 422 g/mol. The number of cyclic esters (lactones) is 1. The second-order valence-corrected chi connectivity index (χ2v) is 9.59. The van der Waals surface area contributed by atoms with E-state index >= 15 is 0 Å². The number of carbonyl (C=O) groups is 1. The van der Waals surface area contributed by atoms with Gasteiger partial charge in [-0.25, -0.2) is 9.18 Å². The standard InChI is InChI=1S/C28H35FO2/c1-3-4-5-20-6-11-22(12-7-20)23-13-8-21(9-14-23)10-15-24-16-17-25-18-19(2)31-28(30)26(25)27(24)29/h6-7,11-12,16-17,19,21,23H,3-5,8-10,13-15,18H2,1-2H3. The molecular formula is C28H35FO2. The molecular weight excluding hydrogens is 387 g/mol. The first-order valence-electron chi connectivity index (χ1n) is 12.1. The third kappa shape index (κ3) is 5.19. The average Bonchev–Trinajstić information content (AvgIpc) is 2.77. The van der Waals surface area contributed by atoms with Crippen LogP contribution in [0.3, 0.4) is 0 Å². The summed E-state index contributed by atoms with van der Waals surface area (Å²) >= 11 is 0. The Kier molecular flexibility index (Phi) is 7.09. The van der Waals surface area contributed by atoms with E-state index in [-0.39, 0.29) is 17.5 Å². The van der Waals surface area contributed by atoms with Crippen molar-refractivity contribution < 1.29 is 13.9 Å². The zero-order chi connectivity index (χ0) is 21.8. The van der Waals surface area contributed by atoms with Crippen LogP contribution in [-0.2, 0) is 24.0 Å². The molecule has 0 spiro atoms. The number of aryl methyl sites for hydroxylation is 2. The van der Waals surface area contributed by atoms with Gasteiger partial charge >= 0.3 is 5.97 Å². The first-order valence-corrected chi connectivity index (χ1v) is 12.1. The molecule has 0 amide bonds. The zero-order valence-electron chi connectivity index (χ0n) is 19.0. The van der Waals surface area contributed by atoms with E-state index < -0.39 is 5.97 Å². The number of hydrogen-bond donors (Lipinski definition) is 0. The van der Waals surface area contributed by atoms with Crippen molar-refractivity contribution in [3.8, 4) is 0 Å². The maximum atomic E-state index is 15.0. The van der Waals surface area contributed by atoms with E-state index in [1.165, 1.54) is 56.1 Å². The highest BCUT2D eigenvalue weighted by Crippen LogP contribution is 2.38. The molecule has 3 heteroatoms. The number of unbranched alkanes of at least 4 members (excludes halogenated alkanes) is 1. The predicted molar refractivity (Wildman–Crippen MR) is 123 cm³/mol. The summed E-state index contributed by atoms with van der Waals surface area (Å²) in [7, 11) is 0. The van der Waals surface area contributed by atoms with Gasteiger partial charge < -0.3 is 4.74 Å². The van der Waals surface area contributed by atoms with Crippen LogP contribution >= 0.6 is 0 Å². The highest BCUT2D eigenvalue weighted by Gasteiger charge is 2.29. The molecule has 1 fully saturated rings. The number of ether oxygens (including phenoxy) is 1. The lowest BCUT2D eigenvalue weighted by Gasteiger charge is -2.29. The van der Waals surface area contributed by atoms with Crippen molar-refractivity contribution in [1.29, 1.82) is 0 Å². The van der Waals surface area contributed by atoms with Gasteiger partial charge in [0.1, 0.15) is 11.9 Å². The van der Waals surface area contributed by atoms with Crippen LogP contribution in [-0.4, -0.2) is 12.1 Å². The highest BCUT2D eigenvalue weighted by molar-refractivity contribution is 5.92. The largest absolute Gasteiger partial charge is 0.459 e. The molecule has 0 aromatic heterocycles. The molecule has 1 atom stereocenters. The number of benzene rings is 2. The third-order valence-electron chi connectivity index (χ3n) is 7.27. The Balaban J connectivity index is 1.30. The van der Waals surface area contributed by atoms with Gasteiger partial charge in [0.05, 0.1) is 5.56 Å². The number of rotatable bonds is 7. The van der Waals surface area contributed by atoms with Gasteiger partial charge in [-0.15, -0.1) is 0 Å². The molecule has 2 aromatic rings. The van der Waals surface area contributed by atoms with E-state index in [0.717, 1.165) is 12.0 Å². The Hall–Kier alpha value is -2.16. The molecule has 31 heavy (non-hydrogen) atoms. The molecule has 0 saturated heterocycles. The van der Waals surface area contributed by atoms with Gasteiger partial charge in [-0.2, -0.15) is 0 Å². The highest BCUT2D eigenvalue weighted by atomic mass is 19.1. The molecule has 0 N–H and O–H groups in total. The summed E-state index contributed by atoms with van der Waals surface area (Å²) in [6.07, 6.45) is 10.6. The lowest BCUT2D eigenvalue weighted by molar-refractivity contribution is 0.0294. The number of carbonyl (C=O) groups excluding carboxylic acids is 1. The number of halogens is 1. The van der Waals surface area contributed by atoms with Crippen molar-refractivity contribution in [2.24, 2.45) is 5.92 Å². The summed E-state index contributed by atoms with van der Waals surface area (Å²) in [4.78, 5) is 12.2.